The summed E-state index contributed by atoms with van der Waals surface area (Å²) in [6, 6.07) is 0. The Bertz CT molecular complexity index is 1640. The number of nitrogens with zero attached hydrogens (tertiary/aromatic N) is 4. The molecule has 3 atom stereocenters. The lowest BCUT2D eigenvalue weighted by molar-refractivity contribution is -0.121. The second-order valence-electron chi connectivity index (χ2n) is 16.9. The second-order valence-corrected chi connectivity index (χ2v) is 16.9. The zero-order valence-electron chi connectivity index (χ0n) is 27.7. The predicted molar refractivity (Wildman–Crippen MR) is 171 cm³/mol. The van der Waals surface area contributed by atoms with Crippen molar-refractivity contribution in [2.75, 3.05) is 25.6 Å². The van der Waals surface area contributed by atoms with Crippen LogP contribution in [0.5, 0.6) is 0 Å². The average Bonchev–Trinajstić information content (AvgIpc) is 3.62. The monoisotopic (exact) mass is 677 g/mol. The topological polar surface area (TPSA) is 150 Å². The Morgan fingerprint density at radius 1 is 0.837 bits per heavy atom. The van der Waals surface area contributed by atoms with Gasteiger partial charge in [0.2, 0.25) is 5.60 Å². The lowest BCUT2D eigenvalue weighted by Crippen LogP contribution is -2.49. The molecule has 262 valence electrons. The highest BCUT2D eigenvalue weighted by atomic mass is 19.1. The molecular formula is C36H44FN5O7. The van der Waals surface area contributed by atoms with Crippen LogP contribution in [0.3, 0.4) is 0 Å². The summed E-state index contributed by atoms with van der Waals surface area (Å²) in [5, 5.41) is 0. The number of nitrogen functional groups attached to an aromatic ring is 1. The zero-order chi connectivity index (χ0) is 33.5. The van der Waals surface area contributed by atoms with Gasteiger partial charge in [0.15, 0.2) is 23.1 Å². The number of halogens is 1. The number of nitrogens with two attached hydrogens (primary N) is 1. The van der Waals surface area contributed by atoms with Crippen LogP contribution in [-0.4, -0.2) is 63.4 Å². The molecular weight excluding hydrogens is 633 g/mol. The third kappa shape index (κ3) is 5.58. The largest absolute Gasteiger partial charge is 0.508 e. The van der Waals surface area contributed by atoms with Crippen LogP contribution in [0.4, 0.5) is 19.8 Å². The van der Waals surface area contributed by atoms with E-state index in [1.165, 1.54) is 49.4 Å². The van der Waals surface area contributed by atoms with E-state index in [2.05, 4.69) is 20.9 Å². The number of terminal acetylenes is 1. The van der Waals surface area contributed by atoms with Crippen molar-refractivity contribution in [1.82, 2.24) is 19.5 Å². The summed E-state index contributed by atoms with van der Waals surface area (Å²) in [7, 11) is 0. The normalized spacial score (nSPS) is 41.1. The molecule has 0 spiro atoms. The van der Waals surface area contributed by atoms with Crippen LogP contribution in [0.1, 0.15) is 89.7 Å². The molecule has 0 unspecified atom stereocenters. The molecule has 3 heterocycles. The zero-order valence-corrected chi connectivity index (χ0v) is 27.7. The molecule has 9 fully saturated rings. The first kappa shape index (κ1) is 31.3. The summed E-state index contributed by atoms with van der Waals surface area (Å²) in [5.41, 5.74) is 4.47. The number of rotatable bonds is 8. The maximum atomic E-state index is 14.2. The molecule has 9 aliphatic rings. The lowest BCUT2D eigenvalue weighted by atomic mass is 9.50. The van der Waals surface area contributed by atoms with Crippen molar-refractivity contribution in [3.05, 3.63) is 12.4 Å². The van der Waals surface area contributed by atoms with Crippen LogP contribution < -0.4 is 5.73 Å². The minimum atomic E-state index is -1.70. The smallest absolute Gasteiger partial charge is 0.434 e. The van der Waals surface area contributed by atoms with Gasteiger partial charge in [0.05, 0.1) is 6.33 Å². The van der Waals surface area contributed by atoms with Crippen LogP contribution in [0.15, 0.2) is 6.33 Å². The van der Waals surface area contributed by atoms with Gasteiger partial charge in [0.25, 0.3) is 0 Å². The third-order valence-corrected chi connectivity index (χ3v) is 13.2. The van der Waals surface area contributed by atoms with E-state index >= 15 is 0 Å². The van der Waals surface area contributed by atoms with E-state index in [0.29, 0.717) is 48.7 Å². The average molecular weight is 678 g/mol. The number of aromatic nitrogens is 4. The fourth-order valence-corrected chi connectivity index (χ4v) is 12.2. The van der Waals surface area contributed by atoms with Crippen molar-refractivity contribution in [3.8, 4) is 12.3 Å². The second kappa shape index (κ2) is 11.4. The minimum Gasteiger partial charge on any atom is -0.434 e. The molecule has 2 N–H and O–H groups in total. The Labute approximate surface area is 284 Å². The summed E-state index contributed by atoms with van der Waals surface area (Å²) < 4.78 is 45.1. The number of carbonyl (C=O) groups excluding carboxylic acids is 2. The highest BCUT2D eigenvalue weighted by molar-refractivity contribution is 5.81. The first-order valence-electron chi connectivity index (χ1n) is 18.0. The minimum absolute atomic E-state index is 0.00527. The van der Waals surface area contributed by atoms with Crippen LogP contribution in [0.25, 0.3) is 11.2 Å². The summed E-state index contributed by atoms with van der Waals surface area (Å²) in [6.07, 6.45) is 16.9. The fourth-order valence-electron chi connectivity index (χ4n) is 12.2. The molecule has 2 aromatic heterocycles. The van der Waals surface area contributed by atoms with Gasteiger partial charge in [0.1, 0.15) is 26.0 Å². The van der Waals surface area contributed by atoms with Gasteiger partial charge in [-0.3, -0.25) is 4.57 Å². The van der Waals surface area contributed by atoms with Gasteiger partial charge in [-0.15, -0.1) is 6.42 Å². The number of carbonyl (C=O) groups is 2. The van der Waals surface area contributed by atoms with E-state index in [-0.39, 0.29) is 34.2 Å². The Balaban J connectivity index is 0.901. The van der Waals surface area contributed by atoms with E-state index < -0.39 is 42.9 Å². The Morgan fingerprint density at radius 2 is 1.35 bits per heavy atom. The van der Waals surface area contributed by atoms with Crippen LogP contribution in [-0.2, 0) is 23.7 Å². The van der Waals surface area contributed by atoms with E-state index in [4.69, 9.17) is 35.8 Å². The maximum absolute atomic E-state index is 14.2. The van der Waals surface area contributed by atoms with E-state index in [9.17, 15) is 14.0 Å². The number of hydrogen-bond acceptors (Lipinski definition) is 11. The molecule has 8 saturated carbocycles. The number of imidazole rings is 1. The summed E-state index contributed by atoms with van der Waals surface area (Å²) >= 11 is 0. The summed E-state index contributed by atoms with van der Waals surface area (Å²) in [6.45, 7) is 0.168. The van der Waals surface area contributed by atoms with Crippen molar-refractivity contribution >= 4 is 29.3 Å². The molecule has 8 aliphatic carbocycles. The third-order valence-electron chi connectivity index (χ3n) is 13.2. The lowest BCUT2D eigenvalue weighted by Gasteiger charge is -2.56. The Kier molecular flexibility index (Phi) is 7.31. The summed E-state index contributed by atoms with van der Waals surface area (Å²) in [5.74, 6) is 6.73. The Morgan fingerprint density at radius 3 is 1.88 bits per heavy atom. The molecule has 0 radical (unpaired) electrons. The van der Waals surface area contributed by atoms with Gasteiger partial charge in [-0.2, -0.15) is 14.4 Å². The van der Waals surface area contributed by atoms with Crippen molar-refractivity contribution in [3.63, 3.8) is 0 Å². The first-order valence-corrected chi connectivity index (χ1v) is 18.0. The number of fused-ring (bicyclic) bond motifs is 1. The van der Waals surface area contributed by atoms with Gasteiger partial charge in [-0.25, -0.2) is 14.6 Å². The molecule has 1 aliphatic heterocycles. The van der Waals surface area contributed by atoms with Gasteiger partial charge < -0.3 is 29.4 Å². The van der Waals surface area contributed by atoms with E-state index in [0.717, 1.165) is 38.5 Å². The SMILES string of the molecule is C#C[C@]1(COC(=O)OCC23CC4CC(CC(C4)C2)C3)O[C@@H](n2cnc3c(N)nc(F)nc32)C[C@@H]1OC(=O)OCC12CC3CC(CC(C3)C1)C2. The fraction of sp³-hybridized carbons (Fsp3) is 0.750. The van der Waals surface area contributed by atoms with Gasteiger partial charge in [-0.05, 0) is 113 Å². The highest BCUT2D eigenvalue weighted by Gasteiger charge is 2.55. The van der Waals surface area contributed by atoms with E-state index in [1.807, 2.05) is 0 Å². The molecule has 49 heavy (non-hydrogen) atoms. The molecule has 11 rings (SSSR count). The van der Waals surface area contributed by atoms with Gasteiger partial charge in [-0.1, -0.05) is 5.92 Å². The molecule has 2 aromatic rings. The van der Waals surface area contributed by atoms with Crippen molar-refractivity contribution in [2.24, 2.45) is 46.3 Å². The molecule has 0 aromatic carbocycles. The van der Waals surface area contributed by atoms with Crippen molar-refractivity contribution in [2.45, 2.75) is 101 Å². The van der Waals surface area contributed by atoms with Crippen molar-refractivity contribution < 1.29 is 37.7 Å². The quantitative estimate of drug-likeness (QED) is 0.201. The Hall–Kier alpha value is -3.66. The van der Waals surface area contributed by atoms with Crippen molar-refractivity contribution in [1.29, 1.82) is 0 Å². The maximum Gasteiger partial charge on any atom is 0.508 e. The van der Waals surface area contributed by atoms with Gasteiger partial charge in [0, 0.05) is 17.3 Å². The first-order chi connectivity index (χ1) is 23.6. The van der Waals surface area contributed by atoms with Gasteiger partial charge >= 0.3 is 18.4 Å². The molecule has 8 bridgehead atoms. The molecule has 12 nitrogen and oxygen atoms in total. The van der Waals surface area contributed by atoms with Crippen LogP contribution >= 0.6 is 0 Å². The number of hydrogen-bond donors (Lipinski definition) is 1. The number of anilines is 1. The number of ether oxygens (including phenoxy) is 5. The highest BCUT2D eigenvalue weighted by Crippen LogP contribution is 2.61. The predicted octanol–water partition coefficient (Wildman–Crippen LogP) is 5.95. The van der Waals surface area contributed by atoms with E-state index in [1.54, 1.807) is 0 Å². The molecule has 1 saturated heterocycles. The molecule has 13 heteroatoms. The molecule has 0 amide bonds. The summed E-state index contributed by atoms with van der Waals surface area (Å²) in [4.78, 5) is 38.0. The van der Waals surface area contributed by atoms with Crippen LogP contribution in [0, 0.1) is 64.8 Å². The standard InChI is InChI=1S/C36H44FN5O7/c1-2-36(18-47-32(43)45-16-34-10-20-3-21(11-34)5-22(4-20)12-34)26(9-27(49-36)42-19-39-28-29(38)40-31(37)41-30(28)42)48-33(44)46-17-35-13-23-6-24(14-35)8-25(7-23)15-35/h1,19-27H,3-18H2,(H2,38,40,41)/t20?,21?,22?,23?,24?,25?,26-,27+,34?,35?,36+/m0/s1. The van der Waals surface area contributed by atoms with Crippen LogP contribution in [0.2, 0.25) is 0 Å².